The van der Waals surface area contributed by atoms with Crippen LogP contribution in [0.2, 0.25) is 0 Å². The normalized spacial score (nSPS) is 12.8. The van der Waals surface area contributed by atoms with Gasteiger partial charge in [0, 0.05) is 44.6 Å². The number of nitrogens with one attached hydrogen (secondary N) is 2. The zero-order valence-corrected chi connectivity index (χ0v) is 22.1. The summed E-state index contributed by atoms with van der Waals surface area (Å²) in [4.78, 5) is 34.1. The topological polar surface area (TPSA) is 120 Å². The van der Waals surface area contributed by atoms with Crippen LogP contribution in [0.5, 0.6) is 11.5 Å². The van der Waals surface area contributed by atoms with E-state index in [0.717, 1.165) is 11.1 Å². The molecular weight excluding hydrogens is 496 g/mol. The Labute approximate surface area is 228 Å². The molecule has 3 amide bonds. The SMILES string of the molecule is COc1ccc(CCNC(=O)c2cccnc2N2CCN(C(=O)Nc3ccc(CC#N)cc3)CC2)cc1OC. The monoisotopic (exact) mass is 528 g/mol. The maximum Gasteiger partial charge on any atom is 0.321 e. The van der Waals surface area contributed by atoms with Crippen LogP contribution >= 0.6 is 0 Å². The molecule has 0 spiro atoms. The molecular formula is C29H32N6O4. The van der Waals surface area contributed by atoms with E-state index in [0.29, 0.717) is 74.1 Å². The van der Waals surface area contributed by atoms with Crippen LogP contribution in [0.15, 0.2) is 60.8 Å². The number of rotatable bonds is 9. The van der Waals surface area contributed by atoms with Crippen LogP contribution in [0.25, 0.3) is 0 Å². The number of hydrogen-bond donors (Lipinski definition) is 2. The number of aromatic nitrogens is 1. The molecule has 0 saturated carbocycles. The number of nitrogens with zero attached hydrogens (tertiary/aromatic N) is 4. The Bertz CT molecular complexity index is 1330. The molecule has 0 unspecified atom stereocenters. The molecule has 1 fully saturated rings. The van der Waals surface area contributed by atoms with Gasteiger partial charge >= 0.3 is 6.03 Å². The number of anilines is 2. The van der Waals surface area contributed by atoms with Gasteiger partial charge in [0.05, 0.1) is 32.3 Å². The lowest BCUT2D eigenvalue weighted by Crippen LogP contribution is -2.50. The van der Waals surface area contributed by atoms with Gasteiger partial charge in [0.2, 0.25) is 0 Å². The number of nitriles is 1. The third-order valence-corrected chi connectivity index (χ3v) is 6.53. The van der Waals surface area contributed by atoms with E-state index < -0.39 is 0 Å². The van der Waals surface area contributed by atoms with Crippen molar-refractivity contribution < 1.29 is 19.1 Å². The number of carbonyl (C=O) groups is 2. The molecule has 0 aliphatic carbocycles. The summed E-state index contributed by atoms with van der Waals surface area (Å²) >= 11 is 0. The number of hydrogen-bond acceptors (Lipinski definition) is 7. The third-order valence-electron chi connectivity index (χ3n) is 6.53. The summed E-state index contributed by atoms with van der Waals surface area (Å²) in [5, 5.41) is 14.7. The zero-order valence-electron chi connectivity index (χ0n) is 22.1. The van der Waals surface area contributed by atoms with E-state index in [1.165, 1.54) is 0 Å². The fraction of sp³-hybridized carbons (Fsp3) is 0.310. The van der Waals surface area contributed by atoms with Gasteiger partial charge in [0.1, 0.15) is 5.82 Å². The van der Waals surface area contributed by atoms with E-state index in [2.05, 4.69) is 21.7 Å². The molecule has 4 rings (SSSR count). The van der Waals surface area contributed by atoms with Crippen molar-refractivity contribution in [2.24, 2.45) is 0 Å². The Hall–Kier alpha value is -4.78. The Morgan fingerprint density at radius 1 is 0.974 bits per heavy atom. The zero-order chi connectivity index (χ0) is 27.6. The minimum Gasteiger partial charge on any atom is -0.493 e. The lowest BCUT2D eigenvalue weighted by Gasteiger charge is -2.36. The second-order valence-corrected chi connectivity index (χ2v) is 9.01. The first-order valence-electron chi connectivity index (χ1n) is 12.7. The quantitative estimate of drug-likeness (QED) is 0.436. The summed E-state index contributed by atoms with van der Waals surface area (Å²) in [7, 11) is 3.19. The maximum absolute atomic E-state index is 13.0. The first kappa shape index (κ1) is 27.3. The van der Waals surface area contributed by atoms with Crippen molar-refractivity contribution in [2.75, 3.05) is 57.2 Å². The maximum atomic E-state index is 13.0. The lowest BCUT2D eigenvalue weighted by molar-refractivity contribution is 0.0954. The van der Waals surface area contributed by atoms with Crippen LogP contribution in [-0.4, -0.2) is 68.8 Å². The fourth-order valence-corrected chi connectivity index (χ4v) is 4.40. The smallest absolute Gasteiger partial charge is 0.321 e. The van der Waals surface area contributed by atoms with Gasteiger partial charge in [-0.1, -0.05) is 18.2 Å². The van der Waals surface area contributed by atoms with Crippen LogP contribution in [0.4, 0.5) is 16.3 Å². The third kappa shape index (κ3) is 6.96. The van der Waals surface area contributed by atoms with Gasteiger partial charge in [-0.05, 0) is 53.9 Å². The molecule has 10 heteroatoms. The van der Waals surface area contributed by atoms with Crippen LogP contribution in [0.3, 0.4) is 0 Å². The Kier molecular flexibility index (Phi) is 9.19. The molecule has 1 aromatic heterocycles. The highest BCUT2D eigenvalue weighted by atomic mass is 16.5. The molecule has 2 heterocycles. The summed E-state index contributed by atoms with van der Waals surface area (Å²) < 4.78 is 10.6. The van der Waals surface area contributed by atoms with Crippen LogP contribution in [0.1, 0.15) is 21.5 Å². The second kappa shape index (κ2) is 13.1. The van der Waals surface area contributed by atoms with Gasteiger partial charge in [-0.25, -0.2) is 9.78 Å². The summed E-state index contributed by atoms with van der Waals surface area (Å²) in [5.41, 5.74) is 3.10. The molecule has 2 aromatic carbocycles. The highest BCUT2D eigenvalue weighted by molar-refractivity contribution is 5.99. The van der Waals surface area contributed by atoms with E-state index in [4.69, 9.17) is 14.7 Å². The number of carbonyl (C=O) groups excluding carboxylic acids is 2. The molecule has 202 valence electrons. The number of piperazine rings is 1. The number of urea groups is 1. The molecule has 39 heavy (non-hydrogen) atoms. The molecule has 1 saturated heterocycles. The van der Waals surface area contributed by atoms with Gasteiger partial charge in [0.25, 0.3) is 5.91 Å². The number of amides is 3. The molecule has 0 bridgehead atoms. The van der Waals surface area contributed by atoms with Gasteiger partial charge in [-0.15, -0.1) is 0 Å². The average molecular weight is 529 g/mol. The van der Waals surface area contributed by atoms with E-state index >= 15 is 0 Å². The van der Waals surface area contributed by atoms with Crippen molar-refractivity contribution in [3.05, 3.63) is 77.5 Å². The first-order chi connectivity index (χ1) is 19.0. The average Bonchev–Trinajstić information content (AvgIpc) is 2.98. The van der Waals surface area contributed by atoms with Crippen molar-refractivity contribution >= 4 is 23.4 Å². The van der Waals surface area contributed by atoms with Crippen LogP contribution in [-0.2, 0) is 12.8 Å². The molecule has 0 atom stereocenters. The molecule has 2 N–H and O–H groups in total. The van der Waals surface area contributed by atoms with E-state index in [9.17, 15) is 9.59 Å². The van der Waals surface area contributed by atoms with Crippen molar-refractivity contribution in [2.45, 2.75) is 12.8 Å². The van der Waals surface area contributed by atoms with Crippen molar-refractivity contribution in [3.63, 3.8) is 0 Å². The summed E-state index contributed by atoms with van der Waals surface area (Å²) in [6, 6.07) is 18.4. The number of ether oxygens (including phenoxy) is 2. The Morgan fingerprint density at radius 3 is 2.38 bits per heavy atom. The standard InChI is InChI=1S/C29H32N6O4/c1-38-25-10-7-22(20-26(25)39-2)12-15-32-28(36)24-4-3-14-31-27(24)34-16-18-35(19-17-34)29(37)33-23-8-5-21(6-9-23)11-13-30/h3-10,14,20H,11-12,15-19H2,1-2H3,(H,32,36)(H,33,37). The van der Waals surface area contributed by atoms with Gasteiger partial charge < -0.3 is 29.9 Å². The van der Waals surface area contributed by atoms with E-state index in [1.54, 1.807) is 49.6 Å². The predicted molar refractivity (Wildman–Crippen MR) is 148 cm³/mol. The van der Waals surface area contributed by atoms with Crippen molar-refractivity contribution in [1.29, 1.82) is 5.26 Å². The van der Waals surface area contributed by atoms with E-state index in [-0.39, 0.29) is 11.9 Å². The Balaban J connectivity index is 1.30. The number of methoxy groups -OCH3 is 2. The van der Waals surface area contributed by atoms with E-state index in [1.807, 2.05) is 35.2 Å². The summed E-state index contributed by atoms with van der Waals surface area (Å²) in [5.74, 6) is 1.72. The van der Waals surface area contributed by atoms with Crippen LogP contribution < -0.4 is 25.0 Å². The fourth-order valence-electron chi connectivity index (χ4n) is 4.40. The largest absolute Gasteiger partial charge is 0.493 e. The van der Waals surface area contributed by atoms with Gasteiger partial charge in [-0.3, -0.25) is 4.79 Å². The summed E-state index contributed by atoms with van der Waals surface area (Å²) in [6.07, 6.45) is 2.64. The van der Waals surface area contributed by atoms with Crippen molar-refractivity contribution in [3.8, 4) is 17.6 Å². The molecule has 10 nitrogen and oxygen atoms in total. The highest BCUT2D eigenvalue weighted by Gasteiger charge is 2.25. The van der Waals surface area contributed by atoms with Gasteiger partial charge in [-0.2, -0.15) is 5.26 Å². The number of pyridine rings is 1. The first-order valence-corrected chi connectivity index (χ1v) is 12.7. The second-order valence-electron chi connectivity index (χ2n) is 9.01. The molecule has 1 aliphatic rings. The minimum absolute atomic E-state index is 0.183. The van der Waals surface area contributed by atoms with Crippen molar-refractivity contribution in [1.82, 2.24) is 15.2 Å². The molecule has 3 aromatic rings. The molecule has 1 aliphatic heterocycles. The van der Waals surface area contributed by atoms with Gasteiger partial charge in [0.15, 0.2) is 11.5 Å². The predicted octanol–water partition coefficient (Wildman–Crippen LogP) is 3.49. The number of benzene rings is 2. The highest BCUT2D eigenvalue weighted by Crippen LogP contribution is 2.27. The minimum atomic E-state index is -0.196. The lowest BCUT2D eigenvalue weighted by atomic mass is 10.1. The summed E-state index contributed by atoms with van der Waals surface area (Å²) in [6.45, 7) is 2.55. The molecule has 0 radical (unpaired) electrons. The van der Waals surface area contributed by atoms with Crippen LogP contribution in [0, 0.1) is 11.3 Å². The Morgan fingerprint density at radius 2 is 1.69 bits per heavy atom.